The zero-order valence-electron chi connectivity index (χ0n) is 8.15. The molecule has 0 fully saturated rings. The van der Waals surface area contributed by atoms with E-state index in [2.05, 4.69) is 15.9 Å². The van der Waals surface area contributed by atoms with Crippen LogP contribution in [0.4, 0.5) is 0 Å². The van der Waals surface area contributed by atoms with Gasteiger partial charge in [0.2, 0.25) is 0 Å². The van der Waals surface area contributed by atoms with Crippen LogP contribution in [0.3, 0.4) is 0 Å². The van der Waals surface area contributed by atoms with Crippen LogP contribution in [0.5, 0.6) is 5.75 Å². The molecule has 0 aliphatic rings. The molecule has 1 aromatic carbocycles. The summed E-state index contributed by atoms with van der Waals surface area (Å²) < 4.78 is 5.70. The first kappa shape index (κ1) is 12.8. The minimum absolute atomic E-state index is 0.0143. The summed E-state index contributed by atoms with van der Waals surface area (Å²) in [5, 5.41) is 19.1. The first-order chi connectivity index (χ1) is 7.10. The predicted octanol–water partition coefficient (Wildman–Crippen LogP) is 2.09. The molecule has 0 aromatic heterocycles. The molecule has 84 valence electrons. The average molecular weight is 296 g/mol. The maximum absolute atomic E-state index is 9.73. The second kappa shape index (κ2) is 5.70. The number of aliphatic hydroxyl groups is 2. The van der Waals surface area contributed by atoms with Gasteiger partial charge in [-0.25, -0.2) is 0 Å². The monoisotopic (exact) mass is 294 g/mol. The summed E-state index contributed by atoms with van der Waals surface area (Å²) >= 11 is 8.75. The Hall–Kier alpha value is -0.290. The lowest BCUT2D eigenvalue weighted by Crippen LogP contribution is -2.20. The van der Waals surface area contributed by atoms with Gasteiger partial charge in [0, 0.05) is 4.47 Å². The summed E-state index contributed by atoms with van der Waals surface area (Å²) in [6.45, 7) is 0. The maximum atomic E-state index is 9.73. The fourth-order valence-electron chi connectivity index (χ4n) is 1.17. The summed E-state index contributed by atoms with van der Waals surface area (Å²) in [4.78, 5) is 0. The molecular formula is C10H12BrClO3. The summed E-state index contributed by atoms with van der Waals surface area (Å²) in [5.41, 5.74) is 0.587. The molecule has 1 rings (SSSR count). The van der Waals surface area contributed by atoms with Crippen molar-refractivity contribution in [2.75, 3.05) is 13.0 Å². The van der Waals surface area contributed by atoms with Crippen LogP contribution in [0.15, 0.2) is 22.7 Å². The Morgan fingerprint density at radius 2 is 2.13 bits per heavy atom. The molecule has 0 saturated heterocycles. The Kier molecular flexibility index (Phi) is 4.86. The van der Waals surface area contributed by atoms with Crippen molar-refractivity contribution in [1.29, 1.82) is 0 Å². The van der Waals surface area contributed by atoms with Crippen LogP contribution in [-0.4, -0.2) is 29.3 Å². The maximum Gasteiger partial charge on any atom is 0.120 e. The zero-order chi connectivity index (χ0) is 11.4. The number of hydrogen-bond acceptors (Lipinski definition) is 3. The third kappa shape index (κ3) is 3.08. The van der Waals surface area contributed by atoms with E-state index in [0.717, 1.165) is 0 Å². The van der Waals surface area contributed by atoms with E-state index in [1.54, 1.807) is 25.3 Å². The molecule has 15 heavy (non-hydrogen) atoms. The van der Waals surface area contributed by atoms with Crippen molar-refractivity contribution in [2.24, 2.45) is 0 Å². The standard InChI is InChI=1S/C10H12BrClO3/c1-15-6-2-3-7(8(11)4-6)10(14)9(13)5-12/h2-4,9-10,13-14H,5H2,1H3. The summed E-state index contributed by atoms with van der Waals surface area (Å²) in [7, 11) is 1.56. The lowest BCUT2D eigenvalue weighted by atomic mass is 10.1. The van der Waals surface area contributed by atoms with Gasteiger partial charge in [-0.2, -0.15) is 0 Å². The topological polar surface area (TPSA) is 49.7 Å². The minimum atomic E-state index is -0.997. The quantitative estimate of drug-likeness (QED) is 0.836. The van der Waals surface area contributed by atoms with Gasteiger partial charge in [-0.15, -0.1) is 11.6 Å². The smallest absolute Gasteiger partial charge is 0.120 e. The summed E-state index contributed by atoms with van der Waals surface area (Å²) in [6.07, 6.45) is -1.97. The van der Waals surface area contributed by atoms with Crippen LogP contribution in [0.2, 0.25) is 0 Å². The number of benzene rings is 1. The highest BCUT2D eigenvalue weighted by atomic mass is 79.9. The zero-order valence-corrected chi connectivity index (χ0v) is 10.5. The lowest BCUT2D eigenvalue weighted by molar-refractivity contribution is 0.0322. The molecule has 0 heterocycles. The van der Waals surface area contributed by atoms with Crippen LogP contribution < -0.4 is 4.74 Å². The first-order valence-corrected chi connectivity index (χ1v) is 5.68. The minimum Gasteiger partial charge on any atom is -0.497 e. The number of rotatable bonds is 4. The fourth-order valence-corrected chi connectivity index (χ4v) is 1.93. The van der Waals surface area contributed by atoms with E-state index in [-0.39, 0.29) is 5.88 Å². The molecule has 0 aliphatic carbocycles. The number of ether oxygens (including phenoxy) is 1. The van der Waals surface area contributed by atoms with Crippen molar-refractivity contribution < 1.29 is 14.9 Å². The van der Waals surface area contributed by atoms with Gasteiger partial charge < -0.3 is 14.9 Å². The molecule has 0 bridgehead atoms. The largest absolute Gasteiger partial charge is 0.497 e. The molecule has 0 aliphatic heterocycles. The highest BCUT2D eigenvalue weighted by Gasteiger charge is 2.19. The van der Waals surface area contributed by atoms with Gasteiger partial charge in [0.15, 0.2) is 0 Å². The average Bonchev–Trinajstić information content (AvgIpc) is 2.26. The highest BCUT2D eigenvalue weighted by Crippen LogP contribution is 2.29. The third-order valence-electron chi connectivity index (χ3n) is 2.05. The molecule has 0 saturated carbocycles. The number of hydrogen-bond donors (Lipinski definition) is 2. The van der Waals surface area contributed by atoms with Gasteiger partial charge in [0.25, 0.3) is 0 Å². The molecular weight excluding hydrogens is 283 g/mol. The van der Waals surface area contributed by atoms with E-state index in [9.17, 15) is 10.2 Å². The van der Waals surface area contributed by atoms with Crippen molar-refractivity contribution in [2.45, 2.75) is 12.2 Å². The normalized spacial score (nSPS) is 14.7. The number of halogens is 2. The van der Waals surface area contributed by atoms with Gasteiger partial charge in [-0.3, -0.25) is 0 Å². The second-order valence-corrected chi connectivity index (χ2v) is 4.22. The van der Waals surface area contributed by atoms with E-state index in [1.165, 1.54) is 0 Å². The summed E-state index contributed by atoms with van der Waals surface area (Å²) in [5.74, 6) is 0.665. The third-order valence-corrected chi connectivity index (χ3v) is 3.05. The van der Waals surface area contributed by atoms with Crippen molar-refractivity contribution in [3.05, 3.63) is 28.2 Å². The number of methoxy groups -OCH3 is 1. The van der Waals surface area contributed by atoms with Crippen LogP contribution in [0.25, 0.3) is 0 Å². The molecule has 3 nitrogen and oxygen atoms in total. The SMILES string of the molecule is COc1ccc(C(O)C(O)CCl)c(Br)c1. The second-order valence-electron chi connectivity index (χ2n) is 3.05. The Morgan fingerprint density at radius 1 is 1.47 bits per heavy atom. The van der Waals surface area contributed by atoms with E-state index >= 15 is 0 Å². The van der Waals surface area contributed by atoms with Crippen molar-refractivity contribution >= 4 is 27.5 Å². The van der Waals surface area contributed by atoms with E-state index < -0.39 is 12.2 Å². The van der Waals surface area contributed by atoms with E-state index in [1.807, 2.05) is 0 Å². The van der Waals surface area contributed by atoms with E-state index in [0.29, 0.717) is 15.8 Å². The molecule has 0 amide bonds. The molecule has 2 unspecified atom stereocenters. The van der Waals surface area contributed by atoms with Gasteiger partial charge in [0.1, 0.15) is 11.9 Å². The molecule has 2 N–H and O–H groups in total. The van der Waals surface area contributed by atoms with Crippen LogP contribution in [0, 0.1) is 0 Å². The lowest BCUT2D eigenvalue weighted by Gasteiger charge is -2.17. The van der Waals surface area contributed by atoms with Crippen molar-refractivity contribution in [3.63, 3.8) is 0 Å². The highest BCUT2D eigenvalue weighted by molar-refractivity contribution is 9.10. The van der Waals surface area contributed by atoms with Gasteiger partial charge in [-0.05, 0) is 17.7 Å². The number of alkyl halides is 1. The van der Waals surface area contributed by atoms with Crippen molar-refractivity contribution in [1.82, 2.24) is 0 Å². The molecule has 5 heteroatoms. The van der Waals surface area contributed by atoms with Gasteiger partial charge in [-0.1, -0.05) is 22.0 Å². The summed E-state index contributed by atoms with van der Waals surface area (Å²) in [6, 6.07) is 5.12. The van der Waals surface area contributed by atoms with E-state index in [4.69, 9.17) is 16.3 Å². The van der Waals surface area contributed by atoms with Gasteiger partial charge >= 0.3 is 0 Å². The Labute approximate surface area is 102 Å². The predicted molar refractivity (Wildman–Crippen MR) is 62.4 cm³/mol. The fraction of sp³-hybridized carbons (Fsp3) is 0.400. The Balaban J connectivity index is 2.95. The Bertz CT molecular complexity index is 332. The van der Waals surface area contributed by atoms with Gasteiger partial charge in [0.05, 0.1) is 19.1 Å². The van der Waals surface area contributed by atoms with Crippen LogP contribution in [0.1, 0.15) is 11.7 Å². The van der Waals surface area contributed by atoms with Crippen molar-refractivity contribution in [3.8, 4) is 5.75 Å². The van der Waals surface area contributed by atoms with Crippen LogP contribution in [-0.2, 0) is 0 Å². The molecule has 0 radical (unpaired) electrons. The molecule has 1 aromatic rings. The first-order valence-electron chi connectivity index (χ1n) is 4.35. The Morgan fingerprint density at radius 3 is 2.60 bits per heavy atom. The molecule has 0 spiro atoms. The molecule has 2 atom stereocenters. The number of aliphatic hydroxyl groups excluding tert-OH is 2. The van der Waals surface area contributed by atoms with Crippen LogP contribution >= 0.6 is 27.5 Å².